The zero-order valence-electron chi connectivity index (χ0n) is 15.3. The molecule has 1 fully saturated rings. The highest BCUT2D eigenvalue weighted by molar-refractivity contribution is 5.96. The van der Waals surface area contributed by atoms with Crippen molar-refractivity contribution in [2.45, 2.75) is 32.1 Å². The summed E-state index contributed by atoms with van der Waals surface area (Å²) in [5.74, 6) is -0.710. The Morgan fingerprint density at radius 1 is 0.963 bits per heavy atom. The van der Waals surface area contributed by atoms with Crippen LogP contribution in [0.25, 0.3) is 0 Å². The van der Waals surface area contributed by atoms with Gasteiger partial charge in [0.1, 0.15) is 17.2 Å². The summed E-state index contributed by atoms with van der Waals surface area (Å²) in [6, 6.07) is 11.1. The average Bonchev–Trinajstić information content (AvgIpc) is 2.98. The third-order valence-corrected chi connectivity index (χ3v) is 4.71. The minimum absolute atomic E-state index is 0.113. The summed E-state index contributed by atoms with van der Waals surface area (Å²) in [5, 5.41) is 2.80. The molecule has 0 radical (unpaired) electrons. The molecule has 0 bridgehead atoms. The fourth-order valence-electron chi connectivity index (χ4n) is 3.18. The lowest BCUT2D eigenvalue weighted by atomic mass is 10.1. The molecule has 1 aliphatic rings. The molecule has 1 aromatic heterocycles. The van der Waals surface area contributed by atoms with Crippen LogP contribution in [0.1, 0.15) is 52.2 Å². The van der Waals surface area contributed by atoms with E-state index in [0.29, 0.717) is 18.7 Å². The van der Waals surface area contributed by atoms with Gasteiger partial charge in [-0.15, -0.1) is 0 Å². The molecule has 142 valence electrons. The maximum atomic E-state index is 12.9. The van der Waals surface area contributed by atoms with Crippen LogP contribution >= 0.6 is 0 Å². The third-order valence-electron chi connectivity index (χ3n) is 4.71. The van der Waals surface area contributed by atoms with Gasteiger partial charge in [0.05, 0.1) is 0 Å². The number of likely N-dealkylation sites (tertiary alicyclic amines) is 1. The minimum Gasteiger partial charge on any atom is -0.350 e. The van der Waals surface area contributed by atoms with Gasteiger partial charge in [0.25, 0.3) is 11.8 Å². The van der Waals surface area contributed by atoms with Crippen molar-refractivity contribution in [1.82, 2.24) is 15.2 Å². The van der Waals surface area contributed by atoms with Crippen molar-refractivity contribution >= 4 is 11.8 Å². The zero-order valence-corrected chi connectivity index (χ0v) is 15.3. The predicted molar refractivity (Wildman–Crippen MR) is 101 cm³/mol. The highest BCUT2D eigenvalue weighted by Crippen LogP contribution is 2.13. The Labute approximate surface area is 158 Å². The molecule has 0 saturated carbocycles. The molecule has 0 aliphatic carbocycles. The van der Waals surface area contributed by atoms with Crippen LogP contribution in [-0.2, 0) is 6.42 Å². The lowest BCUT2D eigenvalue weighted by Crippen LogP contribution is -2.33. The molecule has 1 N–H and O–H groups in total. The molecular weight excluding hydrogens is 345 g/mol. The Hall–Kier alpha value is -2.76. The predicted octanol–water partition coefficient (Wildman–Crippen LogP) is 3.21. The largest absolute Gasteiger partial charge is 0.350 e. The van der Waals surface area contributed by atoms with Crippen molar-refractivity contribution in [3.8, 4) is 0 Å². The van der Waals surface area contributed by atoms with E-state index in [9.17, 15) is 14.0 Å². The molecule has 1 saturated heterocycles. The number of carbonyl (C=O) groups excluding carboxylic acids is 2. The summed E-state index contributed by atoms with van der Waals surface area (Å²) in [5.41, 5.74) is 1.48. The number of hydrogen-bond acceptors (Lipinski definition) is 3. The number of pyridine rings is 1. The molecule has 27 heavy (non-hydrogen) atoms. The van der Waals surface area contributed by atoms with Gasteiger partial charge < -0.3 is 10.2 Å². The van der Waals surface area contributed by atoms with E-state index in [-0.39, 0.29) is 23.3 Å². The second kappa shape index (κ2) is 9.26. The van der Waals surface area contributed by atoms with Crippen LogP contribution < -0.4 is 5.32 Å². The summed E-state index contributed by atoms with van der Waals surface area (Å²) in [6.07, 6.45) is 4.91. The molecule has 0 atom stereocenters. The smallest absolute Gasteiger partial charge is 0.272 e. The van der Waals surface area contributed by atoms with E-state index in [0.717, 1.165) is 44.3 Å². The van der Waals surface area contributed by atoms with Gasteiger partial charge in [0.15, 0.2) is 0 Å². The molecule has 6 heteroatoms. The summed E-state index contributed by atoms with van der Waals surface area (Å²) < 4.78 is 12.9. The van der Waals surface area contributed by atoms with Crippen molar-refractivity contribution in [2.75, 3.05) is 19.6 Å². The second-order valence-electron chi connectivity index (χ2n) is 6.75. The Balaban J connectivity index is 1.57. The second-order valence-corrected chi connectivity index (χ2v) is 6.75. The molecule has 1 aromatic carbocycles. The van der Waals surface area contributed by atoms with Gasteiger partial charge in [-0.2, -0.15) is 0 Å². The first-order chi connectivity index (χ1) is 13.1. The van der Waals surface area contributed by atoms with E-state index in [4.69, 9.17) is 0 Å². The molecule has 2 amide bonds. The quantitative estimate of drug-likeness (QED) is 0.880. The normalized spacial score (nSPS) is 14.5. The number of nitrogens with one attached hydrogen (secondary N) is 1. The van der Waals surface area contributed by atoms with Crippen LogP contribution in [0.4, 0.5) is 4.39 Å². The fourth-order valence-corrected chi connectivity index (χ4v) is 3.18. The van der Waals surface area contributed by atoms with E-state index in [1.54, 1.807) is 30.3 Å². The number of amides is 2. The first-order valence-corrected chi connectivity index (χ1v) is 9.42. The Morgan fingerprint density at radius 2 is 1.63 bits per heavy atom. The Bertz CT molecular complexity index is 784. The SMILES string of the molecule is O=C(NCCc1ccc(F)cc1)c1cccc(C(=O)N2CCCCCC2)n1. The van der Waals surface area contributed by atoms with Crippen LogP contribution in [-0.4, -0.2) is 41.3 Å². The van der Waals surface area contributed by atoms with E-state index in [1.807, 2.05) is 4.90 Å². The lowest BCUT2D eigenvalue weighted by Gasteiger charge is -2.19. The monoisotopic (exact) mass is 369 g/mol. The topological polar surface area (TPSA) is 62.3 Å². The van der Waals surface area contributed by atoms with Crippen molar-refractivity contribution in [2.24, 2.45) is 0 Å². The summed E-state index contributed by atoms with van der Waals surface area (Å²) in [6.45, 7) is 1.90. The highest BCUT2D eigenvalue weighted by Gasteiger charge is 2.19. The molecule has 0 unspecified atom stereocenters. The maximum Gasteiger partial charge on any atom is 0.272 e. The fraction of sp³-hybridized carbons (Fsp3) is 0.381. The first kappa shape index (κ1) is 19.0. The van der Waals surface area contributed by atoms with E-state index in [1.165, 1.54) is 12.1 Å². The average molecular weight is 369 g/mol. The van der Waals surface area contributed by atoms with Gasteiger partial charge in [-0.1, -0.05) is 31.0 Å². The summed E-state index contributed by atoms with van der Waals surface area (Å²) in [4.78, 5) is 31.1. The van der Waals surface area contributed by atoms with Crippen molar-refractivity contribution in [1.29, 1.82) is 0 Å². The third kappa shape index (κ3) is 5.36. The van der Waals surface area contributed by atoms with E-state index in [2.05, 4.69) is 10.3 Å². The lowest BCUT2D eigenvalue weighted by molar-refractivity contribution is 0.0755. The van der Waals surface area contributed by atoms with Gasteiger partial charge in [0.2, 0.25) is 0 Å². The van der Waals surface area contributed by atoms with Crippen molar-refractivity contribution in [3.63, 3.8) is 0 Å². The molecule has 0 spiro atoms. The number of carbonyl (C=O) groups is 2. The van der Waals surface area contributed by atoms with E-state index >= 15 is 0 Å². The number of benzene rings is 1. The van der Waals surface area contributed by atoms with Crippen LogP contribution in [0.2, 0.25) is 0 Å². The zero-order chi connectivity index (χ0) is 19.1. The van der Waals surface area contributed by atoms with Crippen molar-refractivity contribution in [3.05, 3.63) is 65.2 Å². The van der Waals surface area contributed by atoms with Crippen LogP contribution in [0, 0.1) is 5.82 Å². The molecule has 5 nitrogen and oxygen atoms in total. The van der Waals surface area contributed by atoms with Crippen molar-refractivity contribution < 1.29 is 14.0 Å². The standard InChI is InChI=1S/C21H24FN3O2/c22-17-10-8-16(9-11-17)12-13-23-20(26)18-6-5-7-19(24-18)21(27)25-14-3-1-2-4-15-25/h5-11H,1-4,12-15H2,(H,23,26). The molecule has 2 heterocycles. The first-order valence-electron chi connectivity index (χ1n) is 9.42. The van der Waals surface area contributed by atoms with Gasteiger partial charge in [-0.05, 0) is 49.1 Å². The number of rotatable bonds is 5. The Kier molecular flexibility index (Phi) is 6.52. The molecule has 2 aromatic rings. The number of nitrogens with zero attached hydrogens (tertiary/aromatic N) is 2. The van der Waals surface area contributed by atoms with Gasteiger partial charge in [-0.3, -0.25) is 9.59 Å². The van der Waals surface area contributed by atoms with Gasteiger partial charge in [0, 0.05) is 19.6 Å². The van der Waals surface area contributed by atoms with Gasteiger partial charge in [-0.25, -0.2) is 9.37 Å². The maximum absolute atomic E-state index is 12.9. The van der Waals surface area contributed by atoms with Crippen LogP contribution in [0.15, 0.2) is 42.5 Å². The van der Waals surface area contributed by atoms with E-state index < -0.39 is 0 Å². The number of hydrogen-bond donors (Lipinski definition) is 1. The number of halogens is 1. The summed E-state index contributed by atoms with van der Waals surface area (Å²) >= 11 is 0. The highest BCUT2D eigenvalue weighted by atomic mass is 19.1. The molecule has 1 aliphatic heterocycles. The van der Waals surface area contributed by atoms with Crippen LogP contribution in [0.5, 0.6) is 0 Å². The Morgan fingerprint density at radius 3 is 2.33 bits per heavy atom. The van der Waals surface area contributed by atoms with Gasteiger partial charge >= 0.3 is 0 Å². The molecular formula is C21H24FN3O2. The minimum atomic E-state index is -0.317. The van der Waals surface area contributed by atoms with Crippen LogP contribution in [0.3, 0.4) is 0 Å². The number of aromatic nitrogens is 1. The molecule has 3 rings (SSSR count). The summed E-state index contributed by atoms with van der Waals surface area (Å²) in [7, 11) is 0.